The second-order valence-corrected chi connectivity index (χ2v) is 8.90. The standard InChI is InChI=1S/C18H17F3O3.C11H13IO3/c1-3-23-16-11-13(17(22)24-4-2)7-10-15(16)12-5-8-14(9-6-12)18(19,20)21;1-3-14-10-7-8(5-6-9(10)12)11(13)15-4-2/h5-11H,3-4H2,1-2H3;5-7H,3-4H2,1-2H3. The lowest BCUT2D eigenvalue weighted by Crippen LogP contribution is -2.06. The van der Waals surface area contributed by atoms with Crippen molar-refractivity contribution in [2.24, 2.45) is 0 Å². The van der Waals surface area contributed by atoms with Gasteiger partial charge in [0.1, 0.15) is 11.5 Å². The van der Waals surface area contributed by atoms with Crippen LogP contribution in [0, 0.1) is 3.57 Å². The second-order valence-electron chi connectivity index (χ2n) is 7.74. The van der Waals surface area contributed by atoms with Crippen LogP contribution in [0.4, 0.5) is 13.2 Å². The van der Waals surface area contributed by atoms with Gasteiger partial charge in [-0.1, -0.05) is 12.1 Å². The van der Waals surface area contributed by atoms with E-state index < -0.39 is 17.7 Å². The molecular formula is C29H30F3IO6. The van der Waals surface area contributed by atoms with Crippen molar-refractivity contribution < 1.29 is 41.7 Å². The van der Waals surface area contributed by atoms with Crippen molar-refractivity contribution in [1.29, 1.82) is 0 Å². The third-order valence-electron chi connectivity index (χ3n) is 5.06. The summed E-state index contributed by atoms with van der Waals surface area (Å²) in [4.78, 5) is 23.2. The van der Waals surface area contributed by atoms with Crippen LogP contribution in [0.1, 0.15) is 54.0 Å². The lowest BCUT2D eigenvalue weighted by molar-refractivity contribution is -0.137. The van der Waals surface area contributed by atoms with Gasteiger partial charge in [-0.2, -0.15) is 13.2 Å². The predicted molar refractivity (Wildman–Crippen MR) is 150 cm³/mol. The molecule has 0 amide bonds. The maximum absolute atomic E-state index is 12.7. The van der Waals surface area contributed by atoms with Gasteiger partial charge in [-0.05, 0) is 104 Å². The smallest absolute Gasteiger partial charge is 0.416 e. The Morgan fingerprint density at radius 3 is 1.67 bits per heavy atom. The van der Waals surface area contributed by atoms with Crippen molar-refractivity contribution in [3.8, 4) is 22.6 Å². The lowest BCUT2D eigenvalue weighted by atomic mass is 10.0. The molecule has 0 atom stereocenters. The van der Waals surface area contributed by atoms with Crippen molar-refractivity contribution >= 4 is 34.5 Å². The molecule has 6 nitrogen and oxygen atoms in total. The highest BCUT2D eigenvalue weighted by Crippen LogP contribution is 2.35. The van der Waals surface area contributed by atoms with Crippen molar-refractivity contribution in [2.75, 3.05) is 26.4 Å². The zero-order chi connectivity index (χ0) is 29.0. The largest absolute Gasteiger partial charge is 0.493 e. The molecule has 39 heavy (non-hydrogen) atoms. The number of hydrogen-bond acceptors (Lipinski definition) is 6. The summed E-state index contributed by atoms with van der Waals surface area (Å²) in [6.07, 6.45) is -4.38. The van der Waals surface area contributed by atoms with Crippen LogP contribution < -0.4 is 9.47 Å². The van der Waals surface area contributed by atoms with Gasteiger partial charge in [0.15, 0.2) is 0 Å². The van der Waals surface area contributed by atoms with Crippen LogP contribution in [0.5, 0.6) is 11.5 Å². The first-order valence-electron chi connectivity index (χ1n) is 12.3. The molecule has 210 valence electrons. The van der Waals surface area contributed by atoms with E-state index in [4.69, 9.17) is 18.9 Å². The summed E-state index contributed by atoms with van der Waals surface area (Å²) < 4.78 is 59.7. The molecule has 0 aliphatic carbocycles. The minimum absolute atomic E-state index is 0.253. The van der Waals surface area contributed by atoms with Crippen LogP contribution in [-0.4, -0.2) is 38.4 Å². The van der Waals surface area contributed by atoms with E-state index in [0.717, 1.165) is 21.5 Å². The molecule has 0 saturated carbocycles. The fourth-order valence-electron chi connectivity index (χ4n) is 3.33. The Bertz CT molecular complexity index is 1240. The molecule has 10 heteroatoms. The van der Waals surface area contributed by atoms with Crippen LogP contribution in [0.15, 0.2) is 60.7 Å². The van der Waals surface area contributed by atoms with Gasteiger partial charge in [0, 0.05) is 5.56 Å². The first kappa shape index (κ1) is 31.9. The number of benzene rings is 3. The Kier molecular flexibility index (Phi) is 12.6. The van der Waals surface area contributed by atoms with Gasteiger partial charge in [-0.25, -0.2) is 9.59 Å². The summed E-state index contributed by atoms with van der Waals surface area (Å²) in [5.41, 5.74) is 1.32. The number of rotatable bonds is 9. The first-order chi connectivity index (χ1) is 18.5. The number of alkyl halides is 3. The number of esters is 2. The van der Waals surface area contributed by atoms with Gasteiger partial charge in [0.05, 0.1) is 46.7 Å². The van der Waals surface area contributed by atoms with Crippen LogP contribution >= 0.6 is 22.6 Å². The molecule has 0 aromatic heterocycles. The monoisotopic (exact) mass is 658 g/mol. The third-order valence-corrected chi connectivity index (χ3v) is 5.95. The lowest BCUT2D eigenvalue weighted by Gasteiger charge is -2.13. The molecule has 0 radical (unpaired) electrons. The van der Waals surface area contributed by atoms with E-state index in [9.17, 15) is 22.8 Å². The van der Waals surface area contributed by atoms with E-state index in [-0.39, 0.29) is 12.6 Å². The molecular weight excluding hydrogens is 628 g/mol. The molecule has 0 saturated heterocycles. The van der Waals surface area contributed by atoms with E-state index in [0.29, 0.717) is 47.8 Å². The normalized spacial score (nSPS) is 10.7. The summed E-state index contributed by atoms with van der Waals surface area (Å²) in [5, 5.41) is 0. The van der Waals surface area contributed by atoms with E-state index >= 15 is 0 Å². The molecule has 0 N–H and O–H groups in total. The van der Waals surface area contributed by atoms with E-state index in [2.05, 4.69) is 22.6 Å². The molecule has 3 aromatic carbocycles. The summed E-state index contributed by atoms with van der Waals surface area (Å²) >= 11 is 2.17. The third kappa shape index (κ3) is 9.45. The van der Waals surface area contributed by atoms with Gasteiger partial charge < -0.3 is 18.9 Å². The van der Waals surface area contributed by atoms with Gasteiger partial charge >= 0.3 is 18.1 Å². The zero-order valence-corrected chi connectivity index (χ0v) is 24.2. The fraction of sp³-hybridized carbons (Fsp3) is 0.310. The quantitative estimate of drug-likeness (QED) is 0.173. The van der Waals surface area contributed by atoms with E-state index in [1.165, 1.54) is 18.2 Å². The van der Waals surface area contributed by atoms with Crippen molar-refractivity contribution in [3.63, 3.8) is 0 Å². The Labute approximate surface area is 239 Å². The predicted octanol–water partition coefficient (Wildman–Crippen LogP) is 7.81. The van der Waals surface area contributed by atoms with E-state index in [1.54, 1.807) is 45.0 Å². The van der Waals surface area contributed by atoms with Crippen molar-refractivity contribution in [2.45, 2.75) is 33.9 Å². The van der Waals surface area contributed by atoms with Gasteiger partial charge in [0.25, 0.3) is 0 Å². The van der Waals surface area contributed by atoms with Crippen LogP contribution in [0.2, 0.25) is 0 Å². The van der Waals surface area contributed by atoms with Gasteiger partial charge in [-0.15, -0.1) is 0 Å². The highest BCUT2D eigenvalue weighted by atomic mass is 127. The van der Waals surface area contributed by atoms with Gasteiger partial charge in [0.2, 0.25) is 0 Å². The topological polar surface area (TPSA) is 71.1 Å². The molecule has 3 rings (SSSR count). The minimum atomic E-state index is -4.38. The molecule has 0 bridgehead atoms. The summed E-state index contributed by atoms with van der Waals surface area (Å²) in [6.45, 7) is 8.77. The highest BCUT2D eigenvalue weighted by Gasteiger charge is 2.30. The average molecular weight is 658 g/mol. The molecule has 0 aliphatic heterocycles. The summed E-state index contributed by atoms with van der Waals surface area (Å²) in [5.74, 6) is 0.360. The molecule has 0 spiro atoms. The number of hydrogen-bond donors (Lipinski definition) is 0. The summed E-state index contributed by atoms with van der Waals surface area (Å²) in [7, 11) is 0. The maximum atomic E-state index is 12.7. The van der Waals surface area contributed by atoms with Gasteiger partial charge in [-0.3, -0.25) is 0 Å². The Morgan fingerprint density at radius 2 is 1.18 bits per heavy atom. The van der Waals surface area contributed by atoms with Crippen LogP contribution in [0.25, 0.3) is 11.1 Å². The molecule has 3 aromatic rings. The first-order valence-corrected chi connectivity index (χ1v) is 13.3. The van der Waals surface area contributed by atoms with E-state index in [1.807, 2.05) is 13.0 Å². The number of carbonyl (C=O) groups is 2. The van der Waals surface area contributed by atoms with Crippen LogP contribution in [-0.2, 0) is 15.7 Å². The molecule has 0 fully saturated rings. The Balaban J connectivity index is 0.000000306. The second kappa shape index (κ2) is 15.3. The fourth-order valence-corrected chi connectivity index (χ4v) is 3.82. The Morgan fingerprint density at radius 1 is 0.692 bits per heavy atom. The van der Waals surface area contributed by atoms with Crippen LogP contribution in [0.3, 0.4) is 0 Å². The Hall–Kier alpha value is -3.28. The minimum Gasteiger partial charge on any atom is -0.493 e. The number of ether oxygens (including phenoxy) is 4. The average Bonchev–Trinajstić information content (AvgIpc) is 2.90. The number of carbonyl (C=O) groups excluding carboxylic acids is 2. The molecule has 0 heterocycles. The zero-order valence-electron chi connectivity index (χ0n) is 22.1. The SMILES string of the molecule is CCOC(=O)c1ccc(-c2ccc(C(F)(F)F)cc2)c(OCC)c1.CCOC(=O)c1ccc(I)c(OCC)c1. The molecule has 0 aliphatic rings. The van der Waals surface area contributed by atoms with Crippen molar-refractivity contribution in [3.05, 3.63) is 80.9 Å². The highest BCUT2D eigenvalue weighted by molar-refractivity contribution is 14.1. The van der Waals surface area contributed by atoms with Crippen molar-refractivity contribution in [1.82, 2.24) is 0 Å². The summed E-state index contributed by atoms with van der Waals surface area (Å²) in [6, 6.07) is 14.8. The molecule has 0 unspecified atom stereocenters. The number of halogens is 4. The maximum Gasteiger partial charge on any atom is 0.416 e.